The molecule has 20 heavy (non-hydrogen) atoms. The molecule has 0 amide bonds. The fourth-order valence-electron chi connectivity index (χ4n) is 2.49. The van der Waals surface area contributed by atoms with E-state index in [1.807, 2.05) is 0 Å². The second-order valence-electron chi connectivity index (χ2n) is 4.97. The molecule has 114 valence electrons. The smallest absolute Gasteiger partial charge is 0.338 e. The van der Waals surface area contributed by atoms with Crippen molar-refractivity contribution >= 4 is 18.2 Å². The van der Waals surface area contributed by atoms with E-state index in [-0.39, 0.29) is 18.5 Å². The molecule has 0 aromatic heterocycles. The van der Waals surface area contributed by atoms with Gasteiger partial charge >= 0.3 is 11.9 Å². The quantitative estimate of drug-likeness (QED) is 0.400. The van der Waals surface area contributed by atoms with Gasteiger partial charge in [0.15, 0.2) is 5.60 Å². The van der Waals surface area contributed by atoms with Crippen LogP contribution >= 0.6 is 0 Å². The summed E-state index contributed by atoms with van der Waals surface area (Å²) >= 11 is 0. The summed E-state index contributed by atoms with van der Waals surface area (Å²) in [6, 6.07) is 0. The van der Waals surface area contributed by atoms with E-state index in [9.17, 15) is 14.4 Å². The van der Waals surface area contributed by atoms with Crippen molar-refractivity contribution in [1.82, 2.24) is 0 Å². The van der Waals surface area contributed by atoms with Gasteiger partial charge in [-0.05, 0) is 32.1 Å². The second-order valence-corrected chi connectivity index (χ2v) is 4.97. The van der Waals surface area contributed by atoms with Crippen molar-refractivity contribution in [2.75, 3.05) is 13.7 Å². The lowest BCUT2D eigenvalue weighted by atomic mass is 9.88. The zero-order valence-corrected chi connectivity index (χ0v) is 12.1. The molecule has 1 rings (SSSR count). The Morgan fingerprint density at radius 1 is 1.45 bits per heavy atom. The first-order valence-corrected chi connectivity index (χ1v) is 6.87. The minimum absolute atomic E-state index is 0.0140. The van der Waals surface area contributed by atoms with Crippen molar-refractivity contribution in [2.45, 2.75) is 57.2 Å². The Balaban J connectivity index is 2.52. The third kappa shape index (κ3) is 4.59. The highest BCUT2D eigenvalue weighted by Crippen LogP contribution is 2.33. The molecule has 0 radical (unpaired) electrons. The molecule has 1 aliphatic heterocycles. The Labute approximate surface area is 118 Å². The van der Waals surface area contributed by atoms with E-state index >= 15 is 0 Å². The normalized spacial score (nSPS) is 25.8. The van der Waals surface area contributed by atoms with Crippen LogP contribution in [0.2, 0.25) is 0 Å². The molecule has 0 aromatic rings. The minimum atomic E-state index is -1.14. The van der Waals surface area contributed by atoms with Gasteiger partial charge in [-0.25, -0.2) is 4.79 Å². The number of hydrogen-bond donors (Lipinski definition) is 0. The number of rotatable bonds is 7. The molecule has 0 aromatic carbocycles. The van der Waals surface area contributed by atoms with E-state index in [1.54, 1.807) is 0 Å². The van der Waals surface area contributed by atoms with Crippen LogP contribution in [0.3, 0.4) is 0 Å². The molecule has 1 unspecified atom stereocenters. The molecule has 0 spiro atoms. The molecule has 0 N–H and O–H groups in total. The summed E-state index contributed by atoms with van der Waals surface area (Å²) in [7, 11) is 1.29. The molecular formula is C14H22O6. The van der Waals surface area contributed by atoms with Gasteiger partial charge in [-0.1, -0.05) is 0 Å². The zero-order valence-electron chi connectivity index (χ0n) is 12.1. The van der Waals surface area contributed by atoms with Gasteiger partial charge in [0.1, 0.15) is 6.29 Å². The first-order valence-electron chi connectivity index (χ1n) is 6.87. The Morgan fingerprint density at radius 3 is 2.80 bits per heavy atom. The summed E-state index contributed by atoms with van der Waals surface area (Å²) < 4.78 is 15.4. The maximum absolute atomic E-state index is 11.9. The van der Waals surface area contributed by atoms with E-state index in [2.05, 4.69) is 0 Å². The number of ether oxygens (including phenoxy) is 3. The number of carbonyl (C=O) groups is 3. The SMILES string of the molecule is COC(=O)C1(CC=O)CCC[C@H](CCCOC(C)=O)O1. The summed E-state index contributed by atoms with van der Waals surface area (Å²) in [5, 5.41) is 0. The first kappa shape index (κ1) is 16.6. The zero-order chi connectivity index (χ0) is 15.0. The van der Waals surface area contributed by atoms with Crippen LogP contribution in [0, 0.1) is 0 Å². The van der Waals surface area contributed by atoms with Crippen LogP contribution < -0.4 is 0 Å². The maximum atomic E-state index is 11.9. The molecule has 2 atom stereocenters. The van der Waals surface area contributed by atoms with Crippen molar-refractivity contribution in [2.24, 2.45) is 0 Å². The van der Waals surface area contributed by atoms with Crippen LogP contribution in [0.4, 0.5) is 0 Å². The van der Waals surface area contributed by atoms with Crippen LogP contribution in [0.15, 0.2) is 0 Å². The van der Waals surface area contributed by atoms with E-state index < -0.39 is 11.6 Å². The van der Waals surface area contributed by atoms with Crippen LogP contribution in [0.25, 0.3) is 0 Å². The maximum Gasteiger partial charge on any atom is 0.338 e. The van der Waals surface area contributed by atoms with Gasteiger partial charge in [0.05, 0.1) is 19.8 Å². The van der Waals surface area contributed by atoms with Crippen LogP contribution in [-0.4, -0.2) is 43.6 Å². The number of hydrogen-bond acceptors (Lipinski definition) is 6. The molecular weight excluding hydrogens is 264 g/mol. The Kier molecular flexibility index (Phi) is 6.64. The Hall–Kier alpha value is -1.43. The number of aldehydes is 1. The van der Waals surface area contributed by atoms with E-state index in [4.69, 9.17) is 14.2 Å². The van der Waals surface area contributed by atoms with Crippen LogP contribution in [-0.2, 0) is 28.6 Å². The Bertz CT molecular complexity index is 354. The monoisotopic (exact) mass is 286 g/mol. The van der Waals surface area contributed by atoms with E-state index in [1.165, 1.54) is 14.0 Å². The predicted octanol–water partition coefficient (Wildman–Crippen LogP) is 1.40. The molecule has 0 aliphatic carbocycles. The lowest BCUT2D eigenvalue weighted by Crippen LogP contribution is -2.48. The second kappa shape index (κ2) is 7.99. The molecule has 6 heteroatoms. The number of carbonyl (C=O) groups excluding carboxylic acids is 3. The number of esters is 2. The third-order valence-electron chi connectivity index (χ3n) is 3.45. The van der Waals surface area contributed by atoms with Crippen LogP contribution in [0.5, 0.6) is 0 Å². The van der Waals surface area contributed by atoms with Crippen molar-refractivity contribution in [3.63, 3.8) is 0 Å². The average Bonchev–Trinajstić information content (AvgIpc) is 2.43. The molecule has 1 fully saturated rings. The molecule has 1 saturated heterocycles. The summed E-state index contributed by atoms with van der Waals surface area (Å²) in [6.07, 6.45) is 4.09. The first-order chi connectivity index (χ1) is 9.54. The lowest BCUT2D eigenvalue weighted by molar-refractivity contribution is -0.189. The summed E-state index contributed by atoms with van der Waals surface area (Å²) in [5.74, 6) is -0.797. The van der Waals surface area contributed by atoms with Crippen molar-refractivity contribution in [1.29, 1.82) is 0 Å². The van der Waals surface area contributed by atoms with Gasteiger partial charge in [-0.15, -0.1) is 0 Å². The fraction of sp³-hybridized carbons (Fsp3) is 0.786. The van der Waals surface area contributed by atoms with E-state index in [0.29, 0.717) is 32.2 Å². The molecule has 0 saturated carbocycles. The average molecular weight is 286 g/mol. The van der Waals surface area contributed by atoms with Gasteiger partial charge in [-0.3, -0.25) is 4.79 Å². The highest BCUT2D eigenvalue weighted by Gasteiger charge is 2.44. The van der Waals surface area contributed by atoms with Gasteiger partial charge in [-0.2, -0.15) is 0 Å². The minimum Gasteiger partial charge on any atom is -0.467 e. The summed E-state index contributed by atoms with van der Waals surface area (Å²) in [4.78, 5) is 33.3. The summed E-state index contributed by atoms with van der Waals surface area (Å²) in [6.45, 7) is 1.71. The van der Waals surface area contributed by atoms with Gasteiger partial charge in [0, 0.05) is 13.3 Å². The molecule has 1 heterocycles. The van der Waals surface area contributed by atoms with Gasteiger partial charge in [0.2, 0.25) is 0 Å². The fourth-order valence-corrected chi connectivity index (χ4v) is 2.49. The third-order valence-corrected chi connectivity index (χ3v) is 3.45. The van der Waals surface area contributed by atoms with Crippen molar-refractivity contribution in [3.8, 4) is 0 Å². The molecule has 0 bridgehead atoms. The number of methoxy groups -OCH3 is 1. The molecule has 6 nitrogen and oxygen atoms in total. The Morgan fingerprint density at radius 2 is 2.20 bits per heavy atom. The molecule has 1 aliphatic rings. The highest BCUT2D eigenvalue weighted by atomic mass is 16.6. The lowest BCUT2D eigenvalue weighted by Gasteiger charge is -2.38. The van der Waals surface area contributed by atoms with Crippen LogP contribution in [0.1, 0.15) is 45.4 Å². The predicted molar refractivity (Wildman–Crippen MR) is 70.0 cm³/mol. The largest absolute Gasteiger partial charge is 0.467 e. The topological polar surface area (TPSA) is 78.9 Å². The van der Waals surface area contributed by atoms with Gasteiger partial charge < -0.3 is 19.0 Å². The van der Waals surface area contributed by atoms with Gasteiger partial charge in [0.25, 0.3) is 0 Å². The van der Waals surface area contributed by atoms with E-state index in [0.717, 1.165) is 12.8 Å². The standard InChI is InChI=1S/C14H22O6/c1-11(16)19-10-4-6-12-5-3-7-14(20-12,8-9-15)13(17)18-2/h9,12H,3-8,10H2,1-2H3/t12-,14?/m1/s1. The highest BCUT2D eigenvalue weighted by molar-refractivity contribution is 5.82. The van der Waals surface area contributed by atoms with Crippen molar-refractivity contribution in [3.05, 3.63) is 0 Å². The summed E-state index contributed by atoms with van der Waals surface area (Å²) in [5.41, 5.74) is -1.14. The van der Waals surface area contributed by atoms with Crippen molar-refractivity contribution < 1.29 is 28.6 Å².